The van der Waals surface area contributed by atoms with Gasteiger partial charge in [0, 0.05) is 6.61 Å². The lowest BCUT2D eigenvalue weighted by Gasteiger charge is -2.35. The van der Waals surface area contributed by atoms with Crippen LogP contribution in [0.1, 0.15) is 31.9 Å². The fourth-order valence-corrected chi connectivity index (χ4v) is 3.84. The van der Waals surface area contributed by atoms with Crippen molar-refractivity contribution in [2.45, 2.75) is 32.1 Å². The maximum atomic E-state index is 13.7. The maximum Gasteiger partial charge on any atom is 0.374 e. The van der Waals surface area contributed by atoms with Crippen molar-refractivity contribution in [2.75, 3.05) is 13.2 Å². The summed E-state index contributed by atoms with van der Waals surface area (Å²) in [7, 11) is 0. The number of hydrogen-bond acceptors (Lipinski definition) is 6. The van der Waals surface area contributed by atoms with Crippen molar-refractivity contribution in [3.8, 4) is 5.75 Å². The zero-order valence-electron chi connectivity index (χ0n) is 18.8. The SMILES string of the molecule is CCOC(=O)C(CC(OCC)c1ccccc1)(Oc1ccccc1)n1nnc2ccccc21. The van der Waals surface area contributed by atoms with Crippen LogP contribution in [0.15, 0.2) is 84.9 Å². The van der Waals surface area contributed by atoms with Crippen molar-refractivity contribution < 1.29 is 19.0 Å². The molecule has 0 saturated carbocycles. The van der Waals surface area contributed by atoms with E-state index in [-0.39, 0.29) is 13.0 Å². The Labute approximate surface area is 192 Å². The van der Waals surface area contributed by atoms with Crippen molar-refractivity contribution in [2.24, 2.45) is 0 Å². The van der Waals surface area contributed by atoms with Gasteiger partial charge < -0.3 is 14.2 Å². The van der Waals surface area contributed by atoms with Crippen LogP contribution in [-0.2, 0) is 20.0 Å². The summed E-state index contributed by atoms with van der Waals surface area (Å²) < 4.78 is 19.7. The third-order valence-corrected chi connectivity index (χ3v) is 5.32. The Morgan fingerprint density at radius 2 is 1.58 bits per heavy atom. The largest absolute Gasteiger partial charge is 0.462 e. The highest BCUT2D eigenvalue weighted by Crippen LogP contribution is 2.37. The predicted molar refractivity (Wildman–Crippen MR) is 125 cm³/mol. The second kappa shape index (κ2) is 10.3. The van der Waals surface area contributed by atoms with Gasteiger partial charge in [0.15, 0.2) is 0 Å². The first-order valence-electron chi connectivity index (χ1n) is 11.1. The molecule has 7 nitrogen and oxygen atoms in total. The first kappa shape index (κ1) is 22.5. The second-order valence-corrected chi connectivity index (χ2v) is 7.47. The summed E-state index contributed by atoms with van der Waals surface area (Å²) in [5, 5.41) is 8.64. The van der Waals surface area contributed by atoms with Crippen molar-refractivity contribution in [3.63, 3.8) is 0 Å². The van der Waals surface area contributed by atoms with Gasteiger partial charge in [0.1, 0.15) is 11.3 Å². The Morgan fingerprint density at radius 3 is 2.27 bits per heavy atom. The monoisotopic (exact) mass is 445 g/mol. The maximum absolute atomic E-state index is 13.7. The molecular formula is C26H27N3O4. The van der Waals surface area contributed by atoms with Gasteiger partial charge in [0.25, 0.3) is 0 Å². The molecule has 170 valence electrons. The number of carbonyl (C=O) groups is 1. The number of para-hydroxylation sites is 2. The number of benzene rings is 3. The van der Waals surface area contributed by atoms with Crippen LogP contribution in [0.4, 0.5) is 0 Å². The quantitative estimate of drug-likeness (QED) is 0.324. The lowest BCUT2D eigenvalue weighted by molar-refractivity contribution is -0.179. The zero-order valence-corrected chi connectivity index (χ0v) is 18.8. The molecule has 7 heteroatoms. The summed E-state index contributed by atoms with van der Waals surface area (Å²) in [5.41, 5.74) is 0.581. The summed E-state index contributed by atoms with van der Waals surface area (Å²) >= 11 is 0. The molecule has 0 saturated heterocycles. The second-order valence-electron chi connectivity index (χ2n) is 7.47. The minimum Gasteiger partial charge on any atom is -0.462 e. The number of carbonyl (C=O) groups excluding carboxylic acids is 1. The highest BCUT2D eigenvalue weighted by Gasteiger charge is 2.49. The summed E-state index contributed by atoms with van der Waals surface area (Å²) in [6, 6.07) is 26.4. The van der Waals surface area contributed by atoms with Gasteiger partial charge in [-0.3, -0.25) is 0 Å². The number of hydrogen-bond donors (Lipinski definition) is 0. The fourth-order valence-electron chi connectivity index (χ4n) is 3.84. The van der Waals surface area contributed by atoms with Gasteiger partial charge in [-0.1, -0.05) is 65.9 Å². The van der Waals surface area contributed by atoms with Gasteiger partial charge in [-0.05, 0) is 43.7 Å². The summed E-state index contributed by atoms with van der Waals surface area (Å²) in [5.74, 6) is -0.0569. The van der Waals surface area contributed by atoms with E-state index in [1.54, 1.807) is 19.1 Å². The Bertz CT molecular complexity index is 1180. The van der Waals surface area contributed by atoms with Crippen LogP contribution in [0.5, 0.6) is 5.75 Å². The molecule has 0 bridgehead atoms. The van der Waals surface area contributed by atoms with E-state index < -0.39 is 17.8 Å². The van der Waals surface area contributed by atoms with Gasteiger partial charge in [-0.15, -0.1) is 5.10 Å². The third kappa shape index (κ3) is 4.73. The molecule has 2 atom stereocenters. The number of esters is 1. The number of ether oxygens (including phenoxy) is 3. The van der Waals surface area contributed by atoms with Crippen molar-refractivity contribution >= 4 is 17.0 Å². The van der Waals surface area contributed by atoms with Gasteiger partial charge in [0.2, 0.25) is 0 Å². The summed E-state index contributed by atoms with van der Waals surface area (Å²) in [6.45, 7) is 4.34. The van der Waals surface area contributed by atoms with E-state index in [0.29, 0.717) is 23.4 Å². The van der Waals surface area contributed by atoms with Crippen LogP contribution >= 0.6 is 0 Å². The molecule has 33 heavy (non-hydrogen) atoms. The smallest absolute Gasteiger partial charge is 0.374 e. The Balaban J connectivity index is 1.90. The lowest BCUT2D eigenvalue weighted by atomic mass is 9.98. The van der Waals surface area contributed by atoms with Crippen LogP contribution in [0.2, 0.25) is 0 Å². The van der Waals surface area contributed by atoms with Crippen LogP contribution < -0.4 is 4.74 Å². The van der Waals surface area contributed by atoms with Crippen LogP contribution in [0, 0.1) is 0 Å². The van der Waals surface area contributed by atoms with E-state index in [1.165, 1.54) is 4.68 Å². The third-order valence-electron chi connectivity index (χ3n) is 5.32. The fraction of sp³-hybridized carbons (Fsp3) is 0.269. The van der Waals surface area contributed by atoms with E-state index in [9.17, 15) is 4.79 Å². The van der Waals surface area contributed by atoms with E-state index in [4.69, 9.17) is 14.2 Å². The molecule has 0 aliphatic heterocycles. The highest BCUT2D eigenvalue weighted by atomic mass is 16.6. The van der Waals surface area contributed by atoms with Gasteiger partial charge in [0.05, 0.1) is 24.6 Å². The van der Waals surface area contributed by atoms with Crippen molar-refractivity contribution in [1.29, 1.82) is 0 Å². The topological polar surface area (TPSA) is 75.5 Å². The molecule has 4 rings (SSSR count). The minimum absolute atomic E-state index is 0.131. The molecule has 0 radical (unpaired) electrons. The average Bonchev–Trinajstić information content (AvgIpc) is 3.29. The van der Waals surface area contributed by atoms with E-state index in [0.717, 1.165) is 5.56 Å². The molecule has 1 aromatic heterocycles. The molecule has 0 spiro atoms. The molecule has 3 aromatic carbocycles. The van der Waals surface area contributed by atoms with Gasteiger partial charge >= 0.3 is 11.7 Å². The first-order valence-corrected chi connectivity index (χ1v) is 11.1. The zero-order chi connectivity index (χ0) is 23.1. The molecular weight excluding hydrogens is 418 g/mol. The molecule has 0 N–H and O–H groups in total. The van der Waals surface area contributed by atoms with Crippen molar-refractivity contribution in [1.82, 2.24) is 15.0 Å². The Hall–Kier alpha value is -3.71. The normalized spacial score (nSPS) is 13.9. The van der Waals surface area contributed by atoms with Crippen LogP contribution in [0.25, 0.3) is 11.0 Å². The molecule has 0 amide bonds. The number of rotatable bonds is 10. The standard InChI is InChI=1S/C26H27N3O4/c1-3-31-24(20-13-7-5-8-14-20)19-26(25(30)32-4-2,33-21-15-9-6-10-16-21)29-23-18-12-11-17-22(23)27-28-29/h5-18,24H,3-4,19H2,1-2H3. The first-order chi connectivity index (χ1) is 16.2. The lowest BCUT2D eigenvalue weighted by Crippen LogP contribution is -2.50. The molecule has 1 heterocycles. The van der Waals surface area contributed by atoms with Gasteiger partial charge in [-0.25, -0.2) is 4.79 Å². The van der Waals surface area contributed by atoms with Crippen molar-refractivity contribution in [3.05, 3.63) is 90.5 Å². The molecule has 0 aliphatic rings. The van der Waals surface area contributed by atoms with E-state index >= 15 is 0 Å². The highest BCUT2D eigenvalue weighted by molar-refractivity contribution is 5.82. The van der Waals surface area contributed by atoms with Gasteiger partial charge in [-0.2, -0.15) is 4.68 Å². The number of fused-ring (bicyclic) bond motifs is 1. The predicted octanol–water partition coefficient (Wildman–Crippen LogP) is 4.89. The molecule has 4 aromatic rings. The molecule has 0 aliphatic carbocycles. The Morgan fingerprint density at radius 1 is 0.909 bits per heavy atom. The Kier molecular flexibility index (Phi) is 7.00. The van der Waals surface area contributed by atoms with Crippen LogP contribution in [0.3, 0.4) is 0 Å². The molecule has 2 unspecified atom stereocenters. The van der Waals surface area contributed by atoms with Crippen LogP contribution in [-0.4, -0.2) is 34.2 Å². The summed E-state index contributed by atoms with van der Waals surface area (Å²) in [4.78, 5) is 13.7. The average molecular weight is 446 g/mol. The molecule has 0 fully saturated rings. The minimum atomic E-state index is -1.65. The van der Waals surface area contributed by atoms with E-state index in [1.807, 2.05) is 79.7 Å². The number of nitrogens with zero attached hydrogens (tertiary/aromatic N) is 3. The number of aromatic nitrogens is 3. The summed E-state index contributed by atoms with van der Waals surface area (Å²) in [6.07, 6.45) is -0.321. The van der Waals surface area contributed by atoms with E-state index in [2.05, 4.69) is 10.3 Å².